The van der Waals surface area contributed by atoms with Crippen LogP contribution in [-0.2, 0) is 6.54 Å². The normalized spacial score (nSPS) is 18.4. The van der Waals surface area contributed by atoms with Gasteiger partial charge < -0.3 is 9.67 Å². The predicted octanol–water partition coefficient (Wildman–Crippen LogP) is 3.35. The summed E-state index contributed by atoms with van der Waals surface area (Å²) < 4.78 is 2.32. The Morgan fingerprint density at radius 3 is 2.65 bits per heavy atom. The Balaban J connectivity index is 2.07. The van der Waals surface area contributed by atoms with E-state index < -0.39 is 0 Å². The summed E-state index contributed by atoms with van der Waals surface area (Å²) in [5.74, 6) is 0.921. The van der Waals surface area contributed by atoms with Crippen molar-refractivity contribution in [3.63, 3.8) is 0 Å². The second kappa shape index (κ2) is 3.66. The minimum atomic E-state index is 0.433. The number of nitrogens with zero attached hydrogens (tertiary/aromatic N) is 1. The number of aryl methyl sites for hydroxylation is 3. The van der Waals surface area contributed by atoms with Crippen LogP contribution in [0.15, 0.2) is 30.5 Å². The zero-order chi connectivity index (χ0) is 12.0. The second-order valence-electron chi connectivity index (χ2n) is 4.97. The lowest BCUT2D eigenvalue weighted by Crippen LogP contribution is -1.98. The van der Waals surface area contributed by atoms with Gasteiger partial charge >= 0.3 is 0 Å². The fourth-order valence-corrected chi connectivity index (χ4v) is 2.89. The van der Waals surface area contributed by atoms with E-state index in [4.69, 9.17) is 0 Å². The molecule has 0 amide bonds. The molecule has 2 heterocycles. The van der Waals surface area contributed by atoms with Crippen molar-refractivity contribution in [3.8, 4) is 5.75 Å². The summed E-state index contributed by atoms with van der Waals surface area (Å²) in [6.07, 6.45) is 3.31. The third-order valence-corrected chi connectivity index (χ3v) is 3.80. The molecule has 1 aliphatic rings. The third kappa shape index (κ3) is 1.55. The number of benzene rings is 1. The Labute approximate surface area is 102 Å². The average Bonchev–Trinajstić information content (AvgIpc) is 2.86. The molecular formula is C15H17NO. The molecule has 1 N–H and O–H groups in total. The van der Waals surface area contributed by atoms with Gasteiger partial charge in [0.25, 0.3) is 0 Å². The number of aromatic hydroxyl groups is 1. The van der Waals surface area contributed by atoms with Gasteiger partial charge in [-0.3, -0.25) is 0 Å². The second-order valence-corrected chi connectivity index (χ2v) is 4.97. The minimum absolute atomic E-state index is 0.433. The van der Waals surface area contributed by atoms with Crippen LogP contribution in [0.25, 0.3) is 0 Å². The Morgan fingerprint density at radius 2 is 1.94 bits per heavy atom. The molecule has 0 saturated heterocycles. The van der Waals surface area contributed by atoms with Crippen LogP contribution in [0.3, 0.4) is 0 Å². The Kier molecular flexibility index (Phi) is 2.25. The van der Waals surface area contributed by atoms with E-state index in [1.807, 2.05) is 13.8 Å². The van der Waals surface area contributed by atoms with Gasteiger partial charge in [0, 0.05) is 24.4 Å². The molecule has 1 aromatic carbocycles. The van der Waals surface area contributed by atoms with Gasteiger partial charge in [0.1, 0.15) is 5.75 Å². The zero-order valence-electron chi connectivity index (χ0n) is 10.3. The topological polar surface area (TPSA) is 25.2 Å². The van der Waals surface area contributed by atoms with Crippen LogP contribution in [0, 0.1) is 13.8 Å². The van der Waals surface area contributed by atoms with Gasteiger partial charge in [-0.2, -0.15) is 0 Å². The Hall–Kier alpha value is -1.70. The van der Waals surface area contributed by atoms with Crippen molar-refractivity contribution in [1.29, 1.82) is 0 Å². The molecular weight excluding hydrogens is 210 g/mol. The number of phenols is 1. The smallest absolute Gasteiger partial charge is 0.121 e. The van der Waals surface area contributed by atoms with E-state index in [2.05, 4.69) is 35.0 Å². The summed E-state index contributed by atoms with van der Waals surface area (Å²) in [6, 6.07) is 8.56. The molecule has 0 radical (unpaired) electrons. The van der Waals surface area contributed by atoms with Crippen molar-refractivity contribution in [2.45, 2.75) is 32.7 Å². The monoisotopic (exact) mass is 227 g/mol. The highest BCUT2D eigenvalue weighted by Gasteiger charge is 2.24. The average molecular weight is 227 g/mol. The lowest BCUT2D eigenvalue weighted by molar-refractivity contribution is 0.466. The number of fused-ring (bicyclic) bond motifs is 1. The standard InChI is InChI=1S/C15H17NO/c1-10-8-12(9-11(2)15(10)17)13-5-7-16-6-3-4-14(13)16/h3-4,6,8-9,13,17H,5,7H2,1-2H3. The van der Waals surface area contributed by atoms with Crippen molar-refractivity contribution < 1.29 is 5.11 Å². The first kappa shape index (κ1) is 10.5. The first-order chi connectivity index (χ1) is 8.16. The highest BCUT2D eigenvalue weighted by Crippen LogP contribution is 2.37. The number of rotatable bonds is 1. The van der Waals surface area contributed by atoms with E-state index in [0.717, 1.165) is 17.7 Å². The van der Waals surface area contributed by atoms with Crippen LogP contribution in [0.1, 0.15) is 34.7 Å². The molecule has 88 valence electrons. The van der Waals surface area contributed by atoms with Crippen molar-refractivity contribution in [3.05, 3.63) is 52.8 Å². The summed E-state index contributed by atoms with van der Waals surface area (Å²) in [5, 5.41) is 9.82. The van der Waals surface area contributed by atoms with Gasteiger partial charge in [-0.05, 0) is 49.1 Å². The van der Waals surface area contributed by atoms with Gasteiger partial charge in [0.15, 0.2) is 0 Å². The van der Waals surface area contributed by atoms with Crippen molar-refractivity contribution in [1.82, 2.24) is 4.57 Å². The Bertz CT molecular complexity index is 545. The molecule has 2 aromatic rings. The van der Waals surface area contributed by atoms with Crippen LogP contribution in [0.2, 0.25) is 0 Å². The van der Waals surface area contributed by atoms with E-state index in [1.54, 1.807) is 0 Å². The number of phenolic OH excluding ortho intramolecular Hbond substituents is 1. The maximum atomic E-state index is 9.82. The molecule has 2 nitrogen and oxygen atoms in total. The molecule has 17 heavy (non-hydrogen) atoms. The van der Waals surface area contributed by atoms with E-state index in [1.165, 1.54) is 17.7 Å². The van der Waals surface area contributed by atoms with Crippen LogP contribution in [0.5, 0.6) is 5.75 Å². The van der Waals surface area contributed by atoms with Crippen molar-refractivity contribution in [2.24, 2.45) is 0 Å². The van der Waals surface area contributed by atoms with Gasteiger partial charge in [0.2, 0.25) is 0 Å². The van der Waals surface area contributed by atoms with E-state index in [0.29, 0.717) is 11.7 Å². The number of hydrogen-bond acceptors (Lipinski definition) is 1. The van der Waals surface area contributed by atoms with Gasteiger partial charge in [0.05, 0.1) is 0 Å². The number of aromatic nitrogens is 1. The van der Waals surface area contributed by atoms with E-state index >= 15 is 0 Å². The summed E-state index contributed by atoms with van der Waals surface area (Å²) in [5.41, 5.74) is 4.68. The van der Waals surface area contributed by atoms with Crippen molar-refractivity contribution in [2.75, 3.05) is 0 Å². The molecule has 0 saturated carbocycles. The highest BCUT2D eigenvalue weighted by atomic mass is 16.3. The minimum Gasteiger partial charge on any atom is -0.507 e. The summed E-state index contributed by atoms with van der Waals surface area (Å²) in [4.78, 5) is 0. The maximum absolute atomic E-state index is 9.82. The summed E-state index contributed by atoms with van der Waals surface area (Å²) in [6.45, 7) is 5.05. The fraction of sp³-hybridized carbons (Fsp3) is 0.333. The van der Waals surface area contributed by atoms with Gasteiger partial charge in [-0.1, -0.05) is 12.1 Å². The molecule has 0 fully saturated rings. The lowest BCUT2D eigenvalue weighted by atomic mass is 9.92. The predicted molar refractivity (Wildman–Crippen MR) is 68.5 cm³/mol. The van der Waals surface area contributed by atoms with Crippen molar-refractivity contribution >= 4 is 0 Å². The molecule has 2 heteroatoms. The first-order valence-electron chi connectivity index (χ1n) is 6.12. The molecule has 1 unspecified atom stereocenters. The van der Waals surface area contributed by atoms with E-state index in [9.17, 15) is 5.11 Å². The number of hydrogen-bond donors (Lipinski definition) is 1. The fourth-order valence-electron chi connectivity index (χ4n) is 2.89. The molecule has 1 atom stereocenters. The molecule has 3 rings (SSSR count). The van der Waals surface area contributed by atoms with Gasteiger partial charge in [-0.25, -0.2) is 0 Å². The molecule has 1 aromatic heterocycles. The highest BCUT2D eigenvalue weighted by molar-refractivity contribution is 5.45. The van der Waals surface area contributed by atoms with E-state index in [-0.39, 0.29) is 0 Å². The SMILES string of the molecule is Cc1cc(C2CCn3cccc32)cc(C)c1O. The van der Waals surface area contributed by atoms with Crippen LogP contribution in [-0.4, -0.2) is 9.67 Å². The molecule has 0 bridgehead atoms. The Morgan fingerprint density at radius 1 is 1.24 bits per heavy atom. The third-order valence-electron chi connectivity index (χ3n) is 3.80. The summed E-state index contributed by atoms with van der Waals surface area (Å²) in [7, 11) is 0. The molecule has 1 aliphatic heterocycles. The first-order valence-corrected chi connectivity index (χ1v) is 6.12. The molecule has 0 aliphatic carbocycles. The quantitative estimate of drug-likeness (QED) is 0.794. The zero-order valence-corrected chi connectivity index (χ0v) is 10.3. The largest absolute Gasteiger partial charge is 0.507 e. The van der Waals surface area contributed by atoms with Crippen LogP contribution < -0.4 is 0 Å². The lowest BCUT2D eigenvalue weighted by Gasteiger charge is -2.13. The van der Waals surface area contributed by atoms with Crippen LogP contribution in [0.4, 0.5) is 0 Å². The molecule has 0 spiro atoms. The summed E-state index contributed by atoms with van der Waals surface area (Å²) >= 11 is 0. The van der Waals surface area contributed by atoms with Crippen LogP contribution >= 0.6 is 0 Å². The van der Waals surface area contributed by atoms with Gasteiger partial charge in [-0.15, -0.1) is 0 Å². The maximum Gasteiger partial charge on any atom is 0.121 e.